The second kappa shape index (κ2) is 5.77. The Morgan fingerprint density at radius 1 is 1.67 bits per heavy atom. The molecule has 12 heavy (non-hydrogen) atoms. The van der Waals surface area contributed by atoms with Crippen LogP contribution in [0.5, 0.6) is 0 Å². The number of hydrogen-bond donors (Lipinski definition) is 2. The van der Waals surface area contributed by atoms with Gasteiger partial charge in [-0.1, -0.05) is 6.08 Å². The van der Waals surface area contributed by atoms with E-state index in [2.05, 4.69) is 11.9 Å². The molecule has 0 bridgehead atoms. The average molecular weight is 171 g/mol. The Morgan fingerprint density at radius 3 is 2.67 bits per heavy atom. The van der Waals surface area contributed by atoms with Gasteiger partial charge >= 0.3 is 5.97 Å². The van der Waals surface area contributed by atoms with Crippen LogP contribution >= 0.6 is 0 Å². The van der Waals surface area contributed by atoms with Gasteiger partial charge in [0.05, 0.1) is 0 Å². The van der Waals surface area contributed by atoms with Gasteiger partial charge < -0.3 is 10.4 Å². The summed E-state index contributed by atoms with van der Waals surface area (Å²) in [5, 5.41) is 11.6. The van der Waals surface area contributed by atoms with E-state index in [1.807, 2.05) is 13.8 Å². The highest BCUT2D eigenvalue weighted by molar-refractivity contribution is 5.66. The fraction of sp³-hybridized carbons (Fsp3) is 0.667. The Bertz CT molecular complexity index is 157. The molecule has 2 unspecified atom stereocenters. The van der Waals surface area contributed by atoms with Crippen molar-refractivity contribution in [3.8, 4) is 0 Å². The topological polar surface area (TPSA) is 49.3 Å². The summed E-state index contributed by atoms with van der Waals surface area (Å²) in [5.41, 5.74) is 0. The highest BCUT2D eigenvalue weighted by Crippen LogP contribution is 1.97. The number of aliphatic carboxylic acids is 1. The minimum absolute atomic E-state index is 0.220. The number of rotatable bonds is 6. The summed E-state index contributed by atoms with van der Waals surface area (Å²) in [6, 6.07) is 0.475. The Hall–Kier alpha value is -0.830. The number of carbonyl (C=O) groups is 1. The van der Waals surface area contributed by atoms with Crippen molar-refractivity contribution in [1.82, 2.24) is 5.32 Å². The van der Waals surface area contributed by atoms with E-state index in [1.165, 1.54) is 0 Å². The molecule has 0 heterocycles. The first-order chi connectivity index (χ1) is 5.56. The van der Waals surface area contributed by atoms with Crippen LogP contribution in [0, 0.1) is 0 Å². The van der Waals surface area contributed by atoms with Gasteiger partial charge in [0.2, 0.25) is 0 Å². The molecule has 0 saturated carbocycles. The molecule has 0 fully saturated rings. The Morgan fingerprint density at radius 2 is 2.25 bits per heavy atom. The molecule has 0 aromatic rings. The molecule has 0 radical (unpaired) electrons. The van der Waals surface area contributed by atoms with Crippen molar-refractivity contribution in [2.45, 2.75) is 38.8 Å². The standard InChI is InChI=1S/C9H17NO2/c1-4-7(2)10-8(3)5-6-9(11)12/h4,7-8,10H,1,5-6H2,2-3H3,(H,11,12). The molecule has 0 spiro atoms. The lowest BCUT2D eigenvalue weighted by atomic mass is 10.1. The maximum atomic E-state index is 10.2. The summed E-state index contributed by atoms with van der Waals surface area (Å²) >= 11 is 0. The highest BCUT2D eigenvalue weighted by atomic mass is 16.4. The zero-order chi connectivity index (χ0) is 9.56. The predicted octanol–water partition coefficient (Wildman–Crippen LogP) is 1.40. The molecule has 2 N–H and O–H groups in total. The fourth-order valence-corrected chi connectivity index (χ4v) is 0.940. The van der Waals surface area contributed by atoms with Crippen molar-refractivity contribution >= 4 is 5.97 Å². The minimum Gasteiger partial charge on any atom is -0.481 e. The van der Waals surface area contributed by atoms with Gasteiger partial charge in [-0.25, -0.2) is 0 Å². The maximum absolute atomic E-state index is 10.2. The van der Waals surface area contributed by atoms with Gasteiger partial charge in [-0.05, 0) is 20.3 Å². The van der Waals surface area contributed by atoms with Crippen molar-refractivity contribution in [1.29, 1.82) is 0 Å². The van der Waals surface area contributed by atoms with Crippen LogP contribution in [-0.2, 0) is 4.79 Å². The van der Waals surface area contributed by atoms with Crippen molar-refractivity contribution in [2.75, 3.05) is 0 Å². The van der Waals surface area contributed by atoms with E-state index in [1.54, 1.807) is 6.08 Å². The van der Waals surface area contributed by atoms with Crippen LogP contribution in [0.25, 0.3) is 0 Å². The lowest BCUT2D eigenvalue weighted by molar-refractivity contribution is -0.137. The molecular formula is C9H17NO2. The number of carboxylic acid groups (broad SMARTS) is 1. The molecule has 0 rings (SSSR count). The lowest BCUT2D eigenvalue weighted by Crippen LogP contribution is -2.33. The largest absolute Gasteiger partial charge is 0.481 e. The normalized spacial score (nSPS) is 15.2. The summed E-state index contributed by atoms with van der Waals surface area (Å²) in [5.74, 6) is -0.741. The number of nitrogens with one attached hydrogen (secondary N) is 1. The number of carboxylic acids is 1. The molecule has 0 aliphatic rings. The van der Waals surface area contributed by atoms with Crippen molar-refractivity contribution < 1.29 is 9.90 Å². The second-order valence-corrected chi connectivity index (χ2v) is 3.02. The van der Waals surface area contributed by atoms with Crippen LogP contribution < -0.4 is 5.32 Å². The summed E-state index contributed by atoms with van der Waals surface area (Å²) in [4.78, 5) is 10.2. The first-order valence-electron chi connectivity index (χ1n) is 4.16. The van der Waals surface area contributed by atoms with Gasteiger partial charge in [0.25, 0.3) is 0 Å². The van der Waals surface area contributed by atoms with Crippen LogP contribution in [0.15, 0.2) is 12.7 Å². The summed E-state index contributed by atoms with van der Waals surface area (Å²) in [6.07, 6.45) is 2.68. The van der Waals surface area contributed by atoms with E-state index >= 15 is 0 Å². The van der Waals surface area contributed by atoms with Gasteiger partial charge in [-0.2, -0.15) is 0 Å². The predicted molar refractivity (Wildman–Crippen MR) is 49.1 cm³/mol. The lowest BCUT2D eigenvalue weighted by Gasteiger charge is -2.15. The summed E-state index contributed by atoms with van der Waals surface area (Å²) in [6.45, 7) is 7.60. The van der Waals surface area contributed by atoms with E-state index in [0.717, 1.165) is 0 Å². The van der Waals surface area contributed by atoms with Gasteiger partial charge in [0.15, 0.2) is 0 Å². The van der Waals surface area contributed by atoms with Crippen LogP contribution in [0.3, 0.4) is 0 Å². The zero-order valence-corrected chi connectivity index (χ0v) is 7.71. The molecule has 2 atom stereocenters. The number of hydrogen-bond acceptors (Lipinski definition) is 2. The Balaban J connectivity index is 3.51. The smallest absolute Gasteiger partial charge is 0.303 e. The third-order valence-corrected chi connectivity index (χ3v) is 1.69. The average Bonchev–Trinajstić information content (AvgIpc) is 2.00. The van der Waals surface area contributed by atoms with E-state index in [0.29, 0.717) is 6.42 Å². The van der Waals surface area contributed by atoms with E-state index in [9.17, 15) is 4.79 Å². The van der Waals surface area contributed by atoms with E-state index in [-0.39, 0.29) is 18.5 Å². The minimum atomic E-state index is -0.741. The SMILES string of the molecule is C=CC(C)NC(C)CCC(=O)O. The first kappa shape index (κ1) is 11.2. The highest BCUT2D eigenvalue weighted by Gasteiger charge is 2.06. The molecular weight excluding hydrogens is 154 g/mol. The van der Waals surface area contributed by atoms with Gasteiger partial charge in [0, 0.05) is 18.5 Å². The maximum Gasteiger partial charge on any atom is 0.303 e. The summed E-state index contributed by atoms with van der Waals surface area (Å²) in [7, 11) is 0. The Labute approximate surface area is 73.5 Å². The molecule has 0 aliphatic carbocycles. The first-order valence-corrected chi connectivity index (χ1v) is 4.16. The molecule has 0 aromatic heterocycles. The summed E-state index contributed by atoms with van der Waals surface area (Å²) < 4.78 is 0. The van der Waals surface area contributed by atoms with Crippen molar-refractivity contribution in [3.63, 3.8) is 0 Å². The second-order valence-electron chi connectivity index (χ2n) is 3.02. The van der Waals surface area contributed by atoms with Gasteiger partial charge in [-0.15, -0.1) is 6.58 Å². The molecule has 3 nitrogen and oxygen atoms in total. The Kier molecular flexibility index (Phi) is 5.37. The molecule has 70 valence electrons. The zero-order valence-electron chi connectivity index (χ0n) is 7.71. The van der Waals surface area contributed by atoms with Crippen LogP contribution in [0.4, 0.5) is 0 Å². The molecule has 3 heteroatoms. The van der Waals surface area contributed by atoms with E-state index < -0.39 is 5.97 Å². The van der Waals surface area contributed by atoms with Crippen molar-refractivity contribution in [2.24, 2.45) is 0 Å². The molecule has 0 saturated heterocycles. The van der Waals surface area contributed by atoms with Crippen LogP contribution in [-0.4, -0.2) is 23.2 Å². The van der Waals surface area contributed by atoms with Gasteiger partial charge in [-0.3, -0.25) is 4.79 Å². The van der Waals surface area contributed by atoms with Gasteiger partial charge in [0.1, 0.15) is 0 Å². The molecule has 0 aromatic carbocycles. The molecule has 0 aliphatic heterocycles. The van der Waals surface area contributed by atoms with E-state index in [4.69, 9.17) is 5.11 Å². The van der Waals surface area contributed by atoms with Crippen molar-refractivity contribution in [3.05, 3.63) is 12.7 Å². The molecule has 0 amide bonds. The van der Waals surface area contributed by atoms with Crippen LogP contribution in [0.2, 0.25) is 0 Å². The van der Waals surface area contributed by atoms with Crippen LogP contribution in [0.1, 0.15) is 26.7 Å². The fourth-order valence-electron chi connectivity index (χ4n) is 0.940. The third-order valence-electron chi connectivity index (χ3n) is 1.69. The monoisotopic (exact) mass is 171 g/mol. The third kappa shape index (κ3) is 5.92. The quantitative estimate of drug-likeness (QED) is 0.594.